The lowest BCUT2D eigenvalue weighted by Crippen LogP contribution is -2.39. The van der Waals surface area contributed by atoms with Crippen LogP contribution in [0.15, 0.2) is 24.3 Å². The average molecular weight is 279 g/mol. The highest BCUT2D eigenvalue weighted by Crippen LogP contribution is 2.25. The molecule has 1 heterocycles. The van der Waals surface area contributed by atoms with Gasteiger partial charge in [-0.1, -0.05) is 19.1 Å². The van der Waals surface area contributed by atoms with Gasteiger partial charge in [0.1, 0.15) is 0 Å². The summed E-state index contributed by atoms with van der Waals surface area (Å²) in [4.78, 5) is 14.3. The van der Waals surface area contributed by atoms with Gasteiger partial charge in [-0.05, 0) is 36.3 Å². The fourth-order valence-electron chi connectivity index (χ4n) is 2.61. The lowest BCUT2D eigenvalue weighted by atomic mass is 10.0. The summed E-state index contributed by atoms with van der Waals surface area (Å²) in [7, 11) is 0. The molecule has 0 bridgehead atoms. The van der Waals surface area contributed by atoms with E-state index < -0.39 is 0 Å². The number of thioether (sulfide) groups is 1. The van der Waals surface area contributed by atoms with E-state index in [1.54, 1.807) is 11.8 Å². The zero-order valence-electron chi connectivity index (χ0n) is 11.5. The van der Waals surface area contributed by atoms with E-state index in [9.17, 15) is 9.90 Å². The van der Waals surface area contributed by atoms with E-state index in [1.807, 2.05) is 29.2 Å². The van der Waals surface area contributed by atoms with Crippen LogP contribution < -0.4 is 0 Å². The summed E-state index contributed by atoms with van der Waals surface area (Å²) < 4.78 is 0. The second kappa shape index (κ2) is 6.44. The Kier molecular flexibility index (Phi) is 4.88. The number of aliphatic hydroxyl groups is 1. The van der Waals surface area contributed by atoms with Crippen molar-refractivity contribution in [2.24, 2.45) is 5.92 Å². The van der Waals surface area contributed by atoms with Crippen molar-refractivity contribution in [1.29, 1.82) is 0 Å². The number of rotatable bonds is 4. The first-order valence-corrected chi connectivity index (χ1v) is 8.06. The van der Waals surface area contributed by atoms with Crippen LogP contribution in [0.25, 0.3) is 0 Å². The van der Waals surface area contributed by atoms with Gasteiger partial charge < -0.3 is 10.0 Å². The lowest BCUT2D eigenvalue weighted by molar-refractivity contribution is 0.0648. The topological polar surface area (TPSA) is 40.5 Å². The number of amides is 1. The van der Waals surface area contributed by atoms with Crippen LogP contribution in [0.5, 0.6) is 0 Å². The normalized spacial score (nSPS) is 22.8. The van der Waals surface area contributed by atoms with Crippen molar-refractivity contribution in [2.45, 2.75) is 25.1 Å². The predicted molar refractivity (Wildman–Crippen MR) is 79.4 cm³/mol. The van der Waals surface area contributed by atoms with Crippen LogP contribution in [-0.2, 0) is 5.75 Å². The van der Waals surface area contributed by atoms with Gasteiger partial charge in [0.05, 0.1) is 12.6 Å². The molecule has 0 saturated carbocycles. The summed E-state index contributed by atoms with van der Waals surface area (Å²) in [5.41, 5.74) is 1.95. The Bertz CT molecular complexity index is 432. The molecule has 19 heavy (non-hydrogen) atoms. The molecule has 0 aromatic heterocycles. The van der Waals surface area contributed by atoms with Crippen LogP contribution in [0.2, 0.25) is 0 Å². The van der Waals surface area contributed by atoms with Crippen molar-refractivity contribution in [2.75, 3.05) is 19.4 Å². The summed E-state index contributed by atoms with van der Waals surface area (Å²) >= 11 is 1.77. The number of hydrogen-bond acceptors (Lipinski definition) is 3. The molecule has 0 aliphatic carbocycles. The molecule has 1 saturated heterocycles. The third-order valence-electron chi connectivity index (χ3n) is 3.84. The molecule has 1 aliphatic rings. The molecule has 0 spiro atoms. The lowest BCUT2D eigenvalue weighted by Gasteiger charge is -2.25. The minimum Gasteiger partial charge on any atom is -0.394 e. The van der Waals surface area contributed by atoms with Crippen molar-refractivity contribution in [3.63, 3.8) is 0 Å². The molecule has 2 unspecified atom stereocenters. The van der Waals surface area contributed by atoms with Gasteiger partial charge in [-0.15, -0.1) is 0 Å². The van der Waals surface area contributed by atoms with Gasteiger partial charge in [0.15, 0.2) is 0 Å². The van der Waals surface area contributed by atoms with Crippen LogP contribution >= 0.6 is 11.8 Å². The zero-order chi connectivity index (χ0) is 13.8. The minimum absolute atomic E-state index is 0.0293. The first kappa shape index (κ1) is 14.4. The van der Waals surface area contributed by atoms with Gasteiger partial charge in [-0.2, -0.15) is 11.8 Å². The molecular weight excluding hydrogens is 258 g/mol. The first-order chi connectivity index (χ1) is 9.17. The van der Waals surface area contributed by atoms with Crippen LogP contribution in [0.3, 0.4) is 0 Å². The zero-order valence-corrected chi connectivity index (χ0v) is 12.3. The van der Waals surface area contributed by atoms with E-state index in [4.69, 9.17) is 0 Å². The summed E-state index contributed by atoms with van der Waals surface area (Å²) in [6.07, 6.45) is 3.04. The third-order valence-corrected chi connectivity index (χ3v) is 4.46. The largest absolute Gasteiger partial charge is 0.394 e. The molecule has 0 radical (unpaired) electrons. The molecule has 4 heteroatoms. The first-order valence-electron chi connectivity index (χ1n) is 6.67. The molecular formula is C15H21NO2S. The van der Waals surface area contributed by atoms with E-state index in [1.165, 1.54) is 5.56 Å². The second-order valence-corrected chi connectivity index (χ2v) is 6.01. The highest BCUT2D eigenvalue weighted by molar-refractivity contribution is 7.97. The van der Waals surface area contributed by atoms with E-state index in [0.29, 0.717) is 5.92 Å². The Morgan fingerprint density at radius 2 is 2.11 bits per heavy atom. The number of aliphatic hydroxyl groups excluding tert-OH is 1. The molecule has 1 amide bonds. The van der Waals surface area contributed by atoms with E-state index in [2.05, 4.69) is 13.2 Å². The van der Waals surface area contributed by atoms with Gasteiger partial charge in [0, 0.05) is 17.9 Å². The number of benzene rings is 1. The van der Waals surface area contributed by atoms with Crippen LogP contribution in [0.1, 0.15) is 29.3 Å². The Labute approximate surface area is 119 Å². The highest BCUT2D eigenvalue weighted by atomic mass is 32.2. The Morgan fingerprint density at radius 1 is 1.42 bits per heavy atom. The smallest absolute Gasteiger partial charge is 0.254 e. The van der Waals surface area contributed by atoms with Crippen molar-refractivity contribution >= 4 is 17.7 Å². The maximum absolute atomic E-state index is 12.4. The van der Waals surface area contributed by atoms with Gasteiger partial charge >= 0.3 is 0 Å². The van der Waals surface area contributed by atoms with E-state index in [0.717, 1.165) is 24.3 Å². The van der Waals surface area contributed by atoms with Gasteiger partial charge in [0.2, 0.25) is 0 Å². The maximum atomic E-state index is 12.4. The van der Waals surface area contributed by atoms with Crippen LogP contribution in [0.4, 0.5) is 0 Å². The fraction of sp³-hybridized carbons (Fsp3) is 0.533. The predicted octanol–water partition coefficient (Wildman–Crippen LogP) is 2.39. The molecule has 1 aromatic rings. The fourth-order valence-corrected chi connectivity index (χ4v) is 3.14. The minimum atomic E-state index is -0.0293. The number of likely N-dealkylation sites (tertiary alicyclic amines) is 1. The molecule has 1 fully saturated rings. The number of carbonyl (C=O) groups excluding carboxylic acids is 1. The number of carbonyl (C=O) groups is 1. The standard InChI is InChI=1S/C15H21NO2S/c1-11-7-8-16(14(11)9-17)15(18)13-5-3-12(4-6-13)10-19-2/h3-6,11,14,17H,7-10H2,1-2H3. The Balaban J connectivity index is 2.11. The number of hydrogen-bond donors (Lipinski definition) is 1. The van der Waals surface area contributed by atoms with Crippen molar-refractivity contribution in [3.05, 3.63) is 35.4 Å². The Hall–Kier alpha value is -1.00. The summed E-state index contributed by atoms with van der Waals surface area (Å²) in [5.74, 6) is 1.39. The monoisotopic (exact) mass is 279 g/mol. The summed E-state index contributed by atoms with van der Waals surface area (Å²) in [5, 5.41) is 9.42. The number of nitrogens with zero attached hydrogens (tertiary/aromatic N) is 1. The van der Waals surface area contributed by atoms with Gasteiger partial charge in [0.25, 0.3) is 5.91 Å². The maximum Gasteiger partial charge on any atom is 0.254 e. The van der Waals surface area contributed by atoms with Crippen molar-refractivity contribution in [1.82, 2.24) is 4.90 Å². The average Bonchev–Trinajstić information content (AvgIpc) is 2.80. The SMILES string of the molecule is CSCc1ccc(C(=O)N2CCC(C)C2CO)cc1. The molecule has 1 aliphatic heterocycles. The quantitative estimate of drug-likeness (QED) is 0.920. The molecule has 2 rings (SSSR count). The van der Waals surface area contributed by atoms with Crippen LogP contribution in [0, 0.1) is 5.92 Å². The summed E-state index contributed by atoms with van der Waals surface area (Å²) in [6.45, 7) is 2.89. The van der Waals surface area contributed by atoms with Gasteiger partial charge in [-0.3, -0.25) is 4.79 Å². The molecule has 104 valence electrons. The van der Waals surface area contributed by atoms with E-state index in [-0.39, 0.29) is 18.6 Å². The molecule has 3 nitrogen and oxygen atoms in total. The van der Waals surface area contributed by atoms with Crippen LogP contribution in [-0.4, -0.2) is 41.4 Å². The highest BCUT2D eigenvalue weighted by Gasteiger charge is 2.34. The third kappa shape index (κ3) is 3.12. The Morgan fingerprint density at radius 3 is 2.68 bits per heavy atom. The molecule has 1 N–H and O–H groups in total. The van der Waals surface area contributed by atoms with Crippen molar-refractivity contribution < 1.29 is 9.90 Å². The van der Waals surface area contributed by atoms with Crippen molar-refractivity contribution in [3.8, 4) is 0 Å². The van der Waals surface area contributed by atoms with Gasteiger partial charge in [-0.25, -0.2) is 0 Å². The second-order valence-electron chi connectivity index (χ2n) is 5.14. The summed E-state index contributed by atoms with van der Waals surface area (Å²) in [6, 6.07) is 7.78. The van der Waals surface area contributed by atoms with E-state index >= 15 is 0 Å². The molecule has 1 aromatic carbocycles. The molecule has 2 atom stereocenters.